The van der Waals surface area contributed by atoms with E-state index in [1.165, 1.54) is 0 Å². The van der Waals surface area contributed by atoms with Crippen LogP contribution in [-0.4, -0.2) is 60.1 Å². The van der Waals surface area contributed by atoms with Gasteiger partial charge in [-0.1, -0.05) is 0 Å². The summed E-state index contributed by atoms with van der Waals surface area (Å²) in [4.78, 5) is 15.6. The number of aromatic nitrogens is 2. The Bertz CT molecular complexity index is 294. The maximum atomic E-state index is 11.7. The number of carbonyl (C=O) groups is 1. The summed E-state index contributed by atoms with van der Waals surface area (Å²) in [5.41, 5.74) is 0.613. The molecule has 1 heterocycles. The summed E-state index contributed by atoms with van der Waals surface area (Å²) in [5, 5.41) is 6.39. The highest BCUT2D eigenvalue weighted by Gasteiger charge is 2.11. The zero-order valence-electron chi connectivity index (χ0n) is 9.53. The van der Waals surface area contributed by atoms with Crippen LogP contribution in [0, 0.1) is 0 Å². The topological polar surface area (TPSA) is 52.2 Å². The van der Waals surface area contributed by atoms with Gasteiger partial charge in [-0.15, -0.1) is 0 Å². The molecular weight excluding hydrogens is 192 g/mol. The van der Waals surface area contributed by atoms with Crippen LogP contribution >= 0.6 is 0 Å². The quantitative estimate of drug-likeness (QED) is 0.767. The van der Waals surface area contributed by atoms with Gasteiger partial charge in [-0.05, 0) is 27.1 Å². The van der Waals surface area contributed by atoms with Crippen molar-refractivity contribution in [2.45, 2.75) is 6.42 Å². The van der Waals surface area contributed by atoms with Crippen LogP contribution in [0.5, 0.6) is 0 Å². The number of H-pyrrole nitrogens is 1. The van der Waals surface area contributed by atoms with E-state index in [4.69, 9.17) is 0 Å². The number of nitrogens with one attached hydrogen (secondary N) is 1. The van der Waals surface area contributed by atoms with Crippen molar-refractivity contribution in [2.24, 2.45) is 0 Å². The van der Waals surface area contributed by atoms with Crippen LogP contribution in [0.4, 0.5) is 0 Å². The van der Waals surface area contributed by atoms with E-state index in [2.05, 4.69) is 15.1 Å². The van der Waals surface area contributed by atoms with Gasteiger partial charge in [0.15, 0.2) is 0 Å². The van der Waals surface area contributed by atoms with Crippen molar-refractivity contribution in [3.8, 4) is 0 Å². The number of rotatable bonds is 5. The molecule has 0 aromatic carbocycles. The lowest BCUT2D eigenvalue weighted by Crippen LogP contribution is -2.29. The number of nitrogens with zero attached hydrogens (tertiary/aromatic N) is 3. The Kier molecular flexibility index (Phi) is 4.30. The first kappa shape index (κ1) is 11.7. The third kappa shape index (κ3) is 3.71. The van der Waals surface area contributed by atoms with E-state index in [9.17, 15) is 4.79 Å². The van der Waals surface area contributed by atoms with Crippen LogP contribution in [0.3, 0.4) is 0 Å². The Balaban J connectivity index is 2.34. The number of aromatic amines is 1. The van der Waals surface area contributed by atoms with Gasteiger partial charge in [0.1, 0.15) is 0 Å². The summed E-state index contributed by atoms with van der Waals surface area (Å²) in [6.45, 7) is 1.76. The van der Waals surface area contributed by atoms with E-state index in [0.29, 0.717) is 5.56 Å². The average molecular weight is 210 g/mol. The molecule has 1 aromatic heterocycles. The van der Waals surface area contributed by atoms with Gasteiger partial charge in [-0.2, -0.15) is 5.10 Å². The predicted octanol–water partition coefficient (Wildman–Crippen LogP) is 0.433. The largest absolute Gasteiger partial charge is 0.342 e. The number of carbonyl (C=O) groups excluding carboxylic acids is 1. The number of amides is 1. The zero-order valence-corrected chi connectivity index (χ0v) is 9.53. The first-order valence-electron chi connectivity index (χ1n) is 5.00. The molecule has 15 heavy (non-hydrogen) atoms. The van der Waals surface area contributed by atoms with Crippen LogP contribution in [-0.2, 0) is 0 Å². The van der Waals surface area contributed by atoms with Gasteiger partial charge >= 0.3 is 0 Å². The molecule has 5 nitrogen and oxygen atoms in total. The van der Waals surface area contributed by atoms with Gasteiger partial charge in [0, 0.05) is 19.8 Å². The highest BCUT2D eigenvalue weighted by atomic mass is 16.2. The van der Waals surface area contributed by atoms with Crippen molar-refractivity contribution in [1.82, 2.24) is 20.0 Å². The summed E-state index contributed by atoms with van der Waals surface area (Å²) in [6, 6.07) is 0. The SMILES string of the molecule is CN(C)CCCN(C)C(=O)c1cn[nH]c1. The summed E-state index contributed by atoms with van der Waals surface area (Å²) in [6.07, 6.45) is 4.14. The van der Waals surface area contributed by atoms with Crippen LogP contribution in [0.1, 0.15) is 16.8 Å². The molecule has 0 saturated carbocycles. The Morgan fingerprint density at radius 1 is 1.40 bits per heavy atom. The smallest absolute Gasteiger partial charge is 0.256 e. The van der Waals surface area contributed by atoms with Crippen molar-refractivity contribution in [3.63, 3.8) is 0 Å². The minimum Gasteiger partial charge on any atom is -0.342 e. The molecule has 1 amide bonds. The molecule has 0 aliphatic rings. The third-order valence-corrected chi connectivity index (χ3v) is 2.19. The molecule has 5 heteroatoms. The van der Waals surface area contributed by atoms with E-state index in [1.54, 1.807) is 17.3 Å². The Morgan fingerprint density at radius 3 is 2.67 bits per heavy atom. The highest BCUT2D eigenvalue weighted by molar-refractivity contribution is 5.93. The van der Waals surface area contributed by atoms with Gasteiger partial charge in [0.05, 0.1) is 11.8 Å². The van der Waals surface area contributed by atoms with E-state index < -0.39 is 0 Å². The summed E-state index contributed by atoms with van der Waals surface area (Å²) >= 11 is 0. The van der Waals surface area contributed by atoms with Crippen LogP contribution < -0.4 is 0 Å². The van der Waals surface area contributed by atoms with Gasteiger partial charge in [0.2, 0.25) is 0 Å². The lowest BCUT2D eigenvalue weighted by molar-refractivity contribution is 0.0790. The van der Waals surface area contributed by atoms with Gasteiger partial charge in [0.25, 0.3) is 5.91 Å². The molecule has 0 radical (unpaired) electrons. The second-order valence-corrected chi connectivity index (χ2v) is 3.87. The molecular formula is C10H18N4O. The van der Waals surface area contributed by atoms with E-state index in [0.717, 1.165) is 19.5 Å². The fourth-order valence-corrected chi connectivity index (χ4v) is 1.31. The summed E-state index contributed by atoms with van der Waals surface area (Å²) in [5.74, 6) is 0.0162. The van der Waals surface area contributed by atoms with Crippen LogP contribution in [0.25, 0.3) is 0 Å². The van der Waals surface area contributed by atoms with Crippen molar-refractivity contribution >= 4 is 5.91 Å². The Hall–Kier alpha value is -1.36. The summed E-state index contributed by atoms with van der Waals surface area (Å²) < 4.78 is 0. The standard InChI is InChI=1S/C10H18N4O/c1-13(2)5-4-6-14(3)10(15)9-7-11-12-8-9/h7-8H,4-6H2,1-3H3,(H,11,12). The third-order valence-electron chi connectivity index (χ3n) is 2.19. The fraction of sp³-hybridized carbons (Fsp3) is 0.600. The lowest BCUT2D eigenvalue weighted by Gasteiger charge is -2.17. The van der Waals surface area contributed by atoms with Crippen molar-refractivity contribution in [3.05, 3.63) is 18.0 Å². The molecule has 0 saturated heterocycles. The Labute approximate surface area is 90.1 Å². The average Bonchev–Trinajstić information content (AvgIpc) is 2.68. The molecule has 0 fully saturated rings. The molecule has 1 rings (SSSR count). The van der Waals surface area contributed by atoms with Crippen LogP contribution in [0.2, 0.25) is 0 Å². The molecule has 0 bridgehead atoms. The number of hydrogen-bond acceptors (Lipinski definition) is 3. The molecule has 0 aliphatic carbocycles. The van der Waals surface area contributed by atoms with Crippen molar-refractivity contribution < 1.29 is 4.79 Å². The second kappa shape index (κ2) is 5.50. The molecule has 1 aromatic rings. The minimum absolute atomic E-state index is 0.0162. The maximum absolute atomic E-state index is 11.7. The zero-order chi connectivity index (χ0) is 11.3. The molecule has 0 unspecified atom stereocenters. The highest BCUT2D eigenvalue weighted by Crippen LogP contribution is 2.00. The van der Waals surface area contributed by atoms with Crippen molar-refractivity contribution in [2.75, 3.05) is 34.2 Å². The van der Waals surface area contributed by atoms with E-state index in [-0.39, 0.29) is 5.91 Å². The molecule has 0 atom stereocenters. The molecule has 1 N–H and O–H groups in total. The van der Waals surface area contributed by atoms with Gasteiger partial charge < -0.3 is 9.80 Å². The van der Waals surface area contributed by atoms with E-state index >= 15 is 0 Å². The summed E-state index contributed by atoms with van der Waals surface area (Å²) in [7, 11) is 5.86. The predicted molar refractivity (Wildman–Crippen MR) is 58.7 cm³/mol. The first-order valence-corrected chi connectivity index (χ1v) is 5.00. The Morgan fingerprint density at radius 2 is 2.13 bits per heavy atom. The monoisotopic (exact) mass is 210 g/mol. The maximum Gasteiger partial charge on any atom is 0.256 e. The van der Waals surface area contributed by atoms with Crippen LogP contribution in [0.15, 0.2) is 12.4 Å². The van der Waals surface area contributed by atoms with Crippen molar-refractivity contribution in [1.29, 1.82) is 0 Å². The van der Waals surface area contributed by atoms with Gasteiger partial charge in [-0.25, -0.2) is 0 Å². The first-order chi connectivity index (χ1) is 7.11. The second-order valence-electron chi connectivity index (χ2n) is 3.87. The fourth-order valence-electron chi connectivity index (χ4n) is 1.31. The molecule has 0 spiro atoms. The molecule has 0 aliphatic heterocycles. The minimum atomic E-state index is 0.0162. The van der Waals surface area contributed by atoms with Gasteiger partial charge in [-0.3, -0.25) is 9.89 Å². The number of hydrogen-bond donors (Lipinski definition) is 1. The normalized spacial score (nSPS) is 10.7. The molecule has 84 valence electrons. The lowest BCUT2D eigenvalue weighted by atomic mass is 10.3. The van der Waals surface area contributed by atoms with E-state index in [1.807, 2.05) is 21.1 Å².